The quantitative estimate of drug-likeness (QED) is 0.802. The number of hydrogen-bond donors (Lipinski definition) is 0. The summed E-state index contributed by atoms with van der Waals surface area (Å²) in [6.45, 7) is 0.338. The Morgan fingerprint density at radius 1 is 1.32 bits per heavy atom. The molecule has 0 aromatic heterocycles. The van der Waals surface area contributed by atoms with Crippen LogP contribution in [-0.2, 0) is 10.0 Å². The molecule has 1 aromatic carbocycles. The molecule has 0 radical (unpaired) electrons. The molecule has 19 heavy (non-hydrogen) atoms. The third-order valence-electron chi connectivity index (χ3n) is 3.29. The van der Waals surface area contributed by atoms with Crippen LogP contribution >= 0.6 is 11.6 Å². The highest BCUT2D eigenvalue weighted by Crippen LogP contribution is 2.33. The highest BCUT2D eigenvalue weighted by atomic mass is 35.5. The molecule has 1 aliphatic carbocycles. The van der Waals surface area contributed by atoms with Gasteiger partial charge in [-0.2, -0.15) is 0 Å². The van der Waals surface area contributed by atoms with Crippen LogP contribution in [0, 0.1) is 17.6 Å². The molecule has 2 rings (SSSR count). The number of halogens is 3. The second-order valence-corrected chi connectivity index (χ2v) is 7.46. The molecule has 0 aliphatic heterocycles. The number of nitrogens with zero attached hydrogens (tertiary/aromatic N) is 1. The Labute approximate surface area is 116 Å². The molecular formula is C12H14ClF2NO2S. The van der Waals surface area contributed by atoms with Crippen LogP contribution in [0.3, 0.4) is 0 Å². The first kappa shape index (κ1) is 14.7. The molecule has 1 aromatic rings. The molecule has 3 nitrogen and oxygen atoms in total. The summed E-state index contributed by atoms with van der Waals surface area (Å²) >= 11 is 5.84. The molecule has 0 unspecified atom stereocenters. The van der Waals surface area contributed by atoms with Gasteiger partial charge in [0.2, 0.25) is 10.0 Å². The Morgan fingerprint density at radius 2 is 1.95 bits per heavy atom. The van der Waals surface area contributed by atoms with Crippen LogP contribution in [0.4, 0.5) is 8.78 Å². The Balaban J connectivity index is 2.14. The van der Waals surface area contributed by atoms with E-state index in [-0.39, 0.29) is 16.2 Å². The van der Waals surface area contributed by atoms with Gasteiger partial charge in [0.1, 0.15) is 0 Å². The van der Waals surface area contributed by atoms with Gasteiger partial charge >= 0.3 is 0 Å². The van der Waals surface area contributed by atoms with Crippen molar-refractivity contribution in [3.8, 4) is 0 Å². The van der Waals surface area contributed by atoms with Gasteiger partial charge in [-0.15, -0.1) is 11.6 Å². The smallest absolute Gasteiger partial charge is 0.207 e. The summed E-state index contributed by atoms with van der Waals surface area (Å²) in [5, 5.41) is 0.115. The molecular weight excluding hydrogens is 296 g/mol. The van der Waals surface area contributed by atoms with E-state index in [4.69, 9.17) is 11.6 Å². The van der Waals surface area contributed by atoms with Crippen LogP contribution < -0.4 is 0 Å². The first-order chi connectivity index (χ1) is 8.80. The van der Waals surface area contributed by atoms with Crippen LogP contribution in [0.1, 0.15) is 12.8 Å². The minimum atomic E-state index is -3.78. The lowest BCUT2D eigenvalue weighted by atomic mass is 9.85. The lowest BCUT2D eigenvalue weighted by Crippen LogP contribution is -2.37. The molecule has 0 atom stereocenters. The molecule has 0 saturated heterocycles. The number of hydrogen-bond acceptors (Lipinski definition) is 2. The molecule has 1 aliphatic rings. The molecule has 1 saturated carbocycles. The van der Waals surface area contributed by atoms with E-state index in [1.165, 1.54) is 7.05 Å². The predicted octanol–water partition coefficient (Wildman–Crippen LogP) is 2.60. The summed E-state index contributed by atoms with van der Waals surface area (Å²) in [6.07, 6.45) is 1.55. The highest BCUT2D eigenvalue weighted by Gasteiger charge is 2.31. The van der Waals surface area contributed by atoms with Crippen molar-refractivity contribution in [2.75, 3.05) is 13.6 Å². The first-order valence-electron chi connectivity index (χ1n) is 5.86. The maximum absolute atomic E-state index is 13.1. The van der Waals surface area contributed by atoms with Gasteiger partial charge in [-0.3, -0.25) is 0 Å². The first-order valence-corrected chi connectivity index (χ1v) is 7.74. The van der Waals surface area contributed by atoms with E-state index in [0.717, 1.165) is 29.3 Å². The van der Waals surface area contributed by atoms with Crippen molar-refractivity contribution >= 4 is 21.6 Å². The Hall–Kier alpha value is -0.720. The molecule has 0 spiro atoms. The van der Waals surface area contributed by atoms with Crippen LogP contribution in [0.15, 0.2) is 23.1 Å². The van der Waals surface area contributed by atoms with Gasteiger partial charge in [-0.25, -0.2) is 21.5 Å². The average molecular weight is 310 g/mol. The highest BCUT2D eigenvalue weighted by molar-refractivity contribution is 7.89. The fourth-order valence-corrected chi connectivity index (χ4v) is 3.85. The van der Waals surface area contributed by atoms with Gasteiger partial charge in [-0.05, 0) is 37.0 Å². The van der Waals surface area contributed by atoms with Gasteiger partial charge in [-0.1, -0.05) is 0 Å². The maximum Gasteiger partial charge on any atom is 0.242 e. The monoisotopic (exact) mass is 309 g/mol. The van der Waals surface area contributed by atoms with Crippen molar-refractivity contribution in [1.82, 2.24) is 4.31 Å². The molecule has 0 bridgehead atoms. The van der Waals surface area contributed by atoms with Crippen LogP contribution in [0.2, 0.25) is 0 Å². The van der Waals surface area contributed by atoms with E-state index in [1.54, 1.807) is 0 Å². The van der Waals surface area contributed by atoms with Crippen LogP contribution in [0.5, 0.6) is 0 Å². The lowest BCUT2D eigenvalue weighted by molar-refractivity contribution is 0.268. The van der Waals surface area contributed by atoms with E-state index in [0.29, 0.717) is 12.6 Å². The minimum absolute atomic E-state index is 0.115. The summed E-state index contributed by atoms with van der Waals surface area (Å²) in [5.41, 5.74) is 0. The molecule has 1 fully saturated rings. The van der Waals surface area contributed by atoms with Crippen molar-refractivity contribution in [1.29, 1.82) is 0 Å². The number of alkyl halides is 1. The lowest BCUT2D eigenvalue weighted by Gasteiger charge is -2.33. The van der Waals surface area contributed by atoms with Crippen molar-refractivity contribution in [3.63, 3.8) is 0 Å². The van der Waals surface area contributed by atoms with Gasteiger partial charge < -0.3 is 0 Å². The van der Waals surface area contributed by atoms with Crippen molar-refractivity contribution in [3.05, 3.63) is 29.8 Å². The normalized spacial score (nSPS) is 23.4. The second kappa shape index (κ2) is 5.34. The third kappa shape index (κ3) is 3.07. The van der Waals surface area contributed by atoms with Gasteiger partial charge in [0.15, 0.2) is 11.6 Å². The van der Waals surface area contributed by atoms with E-state index in [1.807, 2.05) is 0 Å². The maximum atomic E-state index is 13.1. The SMILES string of the molecule is CN(CC1CC(Cl)C1)S(=O)(=O)c1ccc(F)c(F)c1. The summed E-state index contributed by atoms with van der Waals surface area (Å²) in [7, 11) is -2.35. The Kier molecular flexibility index (Phi) is 4.13. The van der Waals surface area contributed by atoms with Gasteiger partial charge in [0.25, 0.3) is 0 Å². The zero-order chi connectivity index (χ0) is 14.2. The van der Waals surface area contributed by atoms with Crippen LogP contribution in [-0.4, -0.2) is 31.7 Å². The van der Waals surface area contributed by atoms with E-state index in [9.17, 15) is 17.2 Å². The Morgan fingerprint density at radius 3 is 2.47 bits per heavy atom. The molecule has 0 amide bonds. The summed E-state index contributed by atoms with van der Waals surface area (Å²) < 4.78 is 51.4. The zero-order valence-corrected chi connectivity index (χ0v) is 11.9. The summed E-state index contributed by atoms with van der Waals surface area (Å²) in [4.78, 5) is -0.240. The molecule has 0 N–H and O–H groups in total. The van der Waals surface area contributed by atoms with Crippen molar-refractivity contribution in [2.24, 2.45) is 5.92 Å². The fourth-order valence-electron chi connectivity index (χ4n) is 2.08. The van der Waals surface area contributed by atoms with Crippen molar-refractivity contribution in [2.45, 2.75) is 23.1 Å². The third-order valence-corrected chi connectivity index (χ3v) is 5.47. The average Bonchev–Trinajstić information content (AvgIpc) is 2.30. The minimum Gasteiger partial charge on any atom is -0.207 e. The standard InChI is InChI=1S/C12H14ClF2NO2S/c1-16(7-8-4-9(13)5-8)19(17,18)10-2-3-11(14)12(15)6-10/h2-3,6,8-9H,4-5,7H2,1H3. The topological polar surface area (TPSA) is 37.4 Å². The largest absolute Gasteiger partial charge is 0.242 e. The van der Waals surface area contributed by atoms with E-state index < -0.39 is 21.7 Å². The molecule has 106 valence electrons. The summed E-state index contributed by atoms with van der Waals surface area (Å²) in [6, 6.07) is 2.58. The van der Waals surface area contributed by atoms with Gasteiger partial charge in [0, 0.05) is 19.0 Å². The second-order valence-electron chi connectivity index (χ2n) is 4.80. The summed E-state index contributed by atoms with van der Waals surface area (Å²) in [5.74, 6) is -2.00. The number of benzene rings is 1. The fraction of sp³-hybridized carbons (Fsp3) is 0.500. The van der Waals surface area contributed by atoms with E-state index >= 15 is 0 Å². The van der Waals surface area contributed by atoms with Crippen LogP contribution in [0.25, 0.3) is 0 Å². The van der Waals surface area contributed by atoms with Crippen molar-refractivity contribution < 1.29 is 17.2 Å². The van der Waals surface area contributed by atoms with Gasteiger partial charge in [0.05, 0.1) is 4.90 Å². The predicted molar refractivity (Wildman–Crippen MR) is 68.5 cm³/mol. The Bertz CT molecular complexity index is 573. The number of rotatable bonds is 4. The van der Waals surface area contributed by atoms with E-state index in [2.05, 4.69) is 0 Å². The molecule has 0 heterocycles. The number of sulfonamides is 1. The molecule has 7 heteroatoms. The zero-order valence-electron chi connectivity index (χ0n) is 10.3.